The number of rotatable bonds is 3. The van der Waals surface area contributed by atoms with Crippen molar-refractivity contribution in [3.63, 3.8) is 0 Å². The van der Waals surface area contributed by atoms with Gasteiger partial charge in [0, 0.05) is 38.1 Å². The number of nitrogens with zero attached hydrogens (tertiary/aromatic N) is 2. The van der Waals surface area contributed by atoms with Crippen LogP contribution in [0.15, 0.2) is 0 Å². The lowest BCUT2D eigenvalue weighted by molar-refractivity contribution is -0.138. The first-order valence-corrected chi connectivity index (χ1v) is 7.54. The van der Waals surface area contributed by atoms with Crippen LogP contribution >= 0.6 is 0 Å². The minimum atomic E-state index is 0.200. The Balaban J connectivity index is 1.46. The van der Waals surface area contributed by atoms with Crippen molar-refractivity contribution >= 4 is 11.8 Å². The zero-order valence-electron chi connectivity index (χ0n) is 11.4. The molecule has 3 aliphatic rings. The topological polar surface area (TPSA) is 52.7 Å². The maximum atomic E-state index is 12.2. The van der Waals surface area contributed by atoms with Gasteiger partial charge in [-0.3, -0.25) is 9.59 Å². The molecule has 1 atom stereocenters. The molecule has 0 aromatic rings. The van der Waals surface area contributed by atoms with E-state index < -0.39 is 0 Å². The Hall–Kier alpha value is -1.10. The summed E-state index contributed by atoms with van der Waals surface area (Å²) in [5.74, 6) is 0.465. The maximum absolute atomic E-state index is 12.2. The fourth-order valence-electron chi connectivity index (χ4n) is 3.56. The fourth-order valence-corrected chi connectivity index (χ4v) is 3.56. The lowest BCUT2D eigenvalue weighted by Crippen LogP contribution is -2.55. The number of hydrogen-bond donors (Lipinski definition) is 1. The van der Waals surface area contributed by atoms with Crippen molar-refractivity contribution in [2.45, 2.75) is 50.6 Å². The Bertz CT molecular complexity index is 366. The van der Waals surface area contributed by atoms with Crippen LogP contribution in [-0.4, -0.2) is 59.9 Å². The van der Waals surface area contributed by atoms with Gasteiger partial charge in [0.25, 0.3) is 0 Å². The molecule has 1 saturated carbocycles. The minimum Gasteiger partial charge on any atom is -0.338 e. The van der Waals surface area contributed by atoms with Crippen LogP contribution in [0.2, 0.25) is 0 Å². The average molecular weight is 265 g/mol. The summed E-state index contributed by atoms with van der Waals surface area (Å²) in [4.78, 5) is 27.7. The van der Waals surface area contributed by atoms with E-state index in [2.05, 4.69) is 5.32 Å². The van der Waals surface area contributed by atoms with Gasteiger partial charge in [-0.2, -0.15) is 0 Å². The van der Waals surface area contributed by atoms with Crippen LogP contribution in [0, 0.1) is 0 Å². The summed E-state index contributed by atoms with van der Waals surface area (Å²) in [7, 11) is 0. The quantitative estimate of drug-likeness (QED) is 0.801. The zero-order chi connectivity index (χ0) is 13.2. The van der Waals surface area contributed by atoms with E-state index in [1.165, 1.54) is 25.7 Å². The van der Waals surface area contributed by atoms with Crippen LogP contribution in [0.4, 0.5) is 0 Å². The molecule has 1 N–H and O–H groups in total. The van der Waals surface area contributed by atoms with Gasteiger partial charge < -0.3 is 15.1 Å². The van der Waals surface area contributed by atoms with Gasteiger partial charge in [0.05, 0.1) is 6.54 Å². The summed E-state index contributed by atoms with van der Waals surface area (Å²) in [5, 5.41) is 3.38. The van der Waals surface area contributed by atoms with Crippen molar-refractivity contribution in [3.05, 3.63) is 0 Å². The number of nitrogens with one attached hydrogen (secondary N) is 1. The third-order valence-electron chi connectivity index (χ3n) is 4.74. The normalized spacial score (nSPS) is 28.0. The average Bonchev–Trinajstić information content (AvgIpc) is 3.06. The summed E-state index contributed by atoms with van der Waals surface area (Å²) in [6.45, 7) is 2.62. The smallest absolute Gasteiger partial charge is 0.236 e. The monoisotopic (exact) mass is 265 g/mol. The van der Waals surface area contributed by atoms with E-state index in [9.17, 15) is 9.59 Å². The molecular weight excluding hydrogens is 242 g/mol. The first kappa shape index (κ1) is 12.9. The minimum absolute atomic E-state index is 0.200. The molecule has 5 heteroatoms. The first-order chi connectivity index (χ1) is 9.24. The van der Waals surface area contributed by atoms with E-state index in [4.69, 9.17) is 0 Å². The summed E-state index contributed by atoms with van der Waals surface area (Å²) < 4.78 is 0. The van der Waals surface area contributed by atoms with E-state index in [-0.39, 0.29) is 17.9 Å². The Morgan fingerprint density at radius 3 is 2.79 bits per heavy atom. The third kappa shape index (κ3) is 2.76. The van der Waals surface area contributed by atoms with Gasteiger partial charge in [-0.05, 0) is 19.3 Å². The molecule has 0 spiro atoms. The molecule has 0 aromatic heterocycles. The van der Waals surface area contributed by atoms with Crippen LogP contribution in [0.1, 0.15) is 38.5 Å². The standard InChI is InChI=1S/C14H23N3O2/c18-13-6-5-12-10-16(7-8-17(12)13)14(19)9-15-11-3-1-2-4-11/h11-12,15H,1-10H2. The number of carbonyl (C=O) groups excluding carboxylic acids is 2. The van der Waals surface area contributed by atoms with Crippen LogP contribution < -0.4 is 5.32 Å². The second kappa shape index (κ2) is 5.49. The summed E-state index contributed by atoms with van der Waals surface area (Å²) in [6, 6.07) is 0.815. The van der Waals surface area contributed by atoms with E-state index in [1.807, 2.05) is 9.80 Å². The molecule has 2 saturated heterocycles. The lowest BCUT2D eigenvalue weighted by atomic mass is 10.1. The van der Waals surface area contributed by atoms with Crippen LogP contribution in [-0.2, 0) is 9.59 Å². The van der Waals surface area contributed by atoms with E-state index in [0.29, 0.717) is 25.6 Å². The second-order valence-electron chi connectivity index (χ2n) is 5.98. The second-order valence-corrected chi connectivity index (χ2v) is 5.98. The summed E-state index contributed by atoms with van der Waals surface area (Å²) in [5.41, 5.74) is 0. The Labute approximate surface area is 114 Å². The molecule has 5 nitrogen and oxygen atoms in total. The van der Waals surface area contributed by atoms with Crippen molar-refractivity contribution in [2.24, 2.45) is 0 Å². The number of hydrogen-bond acceptors (Lipinski definition) is 3. The van der Waals surface area contributed by atoms with Crippen molar-refractivity contribution in [1.29, 1.82) is 0 Å². The molecule has 1 aliphatic carbocycles. The molecule has 106 valence electrons. The highest BCUT2D eigenvalue weighted by atomic mass is 16.2. The maximum Gasteiger partial charge on any atom is 0.236 e. The Morgan fingerprint density at radius 2 is 2.00 bits per heavy atom. The number of fused-ring (bicyclic) bond motifs is 1. The van der Waals surface area contributed by atoms with Gasteiger partial charge in [0.15, 0.2) is 0 Å². The van der Waals surface area contributed by atoms with Gasteiger partial charge in [-0.15, -0.1) is 0 Å². The zero-order valence-corrected chi connectivity index (χ0v) is 11.4. The molecule has 19 heavy (non-hydrogen) atoms. The Kier molecular flexibility index (Phi) is 3.73. The van der Waals surface area contributed by atoms with Crippen molar-refractivity contribution < 1.29 is 9.59 Å². The number of carbonyl (C=O) groups is 2. The summed E-state index contributed by atoms with van der Waals surface area (Å²) in [6.07, 6.45) is 6.56. The van der Waals surface area contributed by atoms with Crippen LogP contribution in [0.3, 0.4) is 0 Å². The highest BCUT2D eigenvalue weighted by Gasteiger charge is 2.36. The molecule has 0 bridgehead atoms. The molecule has 2 aliphatic heterocycles. The number of piperazine rings is 1. The van der Waals surface area contributed by atoms with Gasteiger partial charge in [-0.1, -0.05) is 12.8 Å². The van der Waals surface area contributed by atoms with Gasteiger partial charge in [0.2, 0.25) is 11.8 Å². The molecule has 1 unspecified atom stereocenters. The van der Waals surface area contributed by atoms with E-state index in [1.54, 1.807) is 0 Å². The molecule has 0 radical (unpaired) electrons. The van der Waals surface area contributed by atoms with Crippen LogP contribution in [0.25, 0.3) is 0 Å². The number of amides is 2. The van der Waals surface area contributed by atoms with Gasteiger partial charge >= 0.3 is 0 Å². The van der Waals surface area contributed by atoms with Crippen molar-refractivity contribution in [2.75, 3.05) is 26.2 Å². The van der Waals surface area contributed by atoms with E-state index >= 15 is 0 Å². The highest BCUT2D eigenvalue weighted by molar-refractivity contribution is 5.81. The predicted octanol–water partition coefficient (Wildman–Crippen LogP) is 0.352. The van der Waals surface area contributed by atoms with Crippen molar-refractivity contribution in [1.82, 2.24) is 15.1 Å². The molecule has 2 heterocycles. The van der Waals surface area contributed by atoms with E-state index in [0.717, 1.165) is 19.5 Å². The van der Waals surface area contributed by atoms with Crippen LogP contribution in [0.5, 0.6) is 0 Å². The first-order valence-electron chi connectivity index (χ1n) is 7.54. The third-order valence-corrected chi connectivity index (χ3v) is 4.74. The largest absolute Gasteiger partial charge is 0.338 e. The SMILES string of the molecule is O=C(CNC1CCCC1)N1CCN2C(=O)CCC2C1. The van der Waals surface area contributed by atoms with Crippen molar-refractivity contribution in [3.8, 4) is 0 Å². The fraction of sp³-hybridized carbons (Fsp3) is 0.857. The van der Waals surface area contributed by atoms with Gasteiger partial charge in [-0.25, -0.2) is 0 Å². The highest BCUT2D eigenvalue weighted by Crippen LogP contribution is 2.23. The Morgan fingerprint density at radius 1 is 1.21 bits per heavy atom. The molecule has 0 aromatic carbocycles. The molecular formula is C14H23N3O2. The molecule has 3 rings (SSSR count). The molecule has 3 fully saturated rings. The van der Waals surface area contributed by atoms with Gasteiger partial charge in [0.1, 0.15) is 0 Å². The lowest BCUT2D eigenvalue weighted by Gasteiger charge is -2.37. The predicted molar refractivity (Wildman–Crippen MR) is 71.6 cm³/mol. The molecule has 2 amide bonds. The summed E-state index contributed by atoms with van der Waals surface area (Å²) >= 11 is 0.